The number of nitrogens with one attached hydrogen (secondary N) is 1. The zero-order chi connectivity index (χ0) is 22.9. The fourth-order valence-corrected chi connectivity index (χ4v) is 4.18. The normalized spacial score (nSPS) is 10.2. The molecule has 0 spiro atoms. The Morgan fingerprint density at radius 2 is 1.89 bits per heavy atom. The van der Waals surface area contributed by atoms with Gasteiger partial charge in [-0.15, -0.1) is 29.9 Å². The minimum atomic E-state index is 0. The number of aromatic nitrogens is 5. The van der Waals surface area contributed by atoms with Crippen LogP contribution < -0.4 is 14.8 Å². The summed E-state index contributed by atoms with van der Waals surface area (Å²) in [5.74, 6) is 1.93. The van der Waals surface area contributed by atoms with Crippen molar-refractivity contribution in [2.24, 2.45) is 0 Å². The van der Waals surface area contributed by atoms with E-state index in [0.29, 0.717) is 29.7 Å². The lowest BCUT2D eigenvalue weighted by Crippen LogP contribution is -2.17. The number of hydrogen-bond donors (Lipinski definition) is 1. The molecule has 0 bridgehead atoms. The second-order valence-electron chi connectivity index (χ2n) is 6.99. The van der Waals surface area contributed by atoms with Gasteiger partial charge in [0.2, 0.25) is 5.16 Å². The summed E-state index contributed by atoms with van der Waals surface area (Å²) in [5, 5.41) is 16.7. The highest BCUT2D eigenvalue weighted by Crippen LogP contribution is 2.37. The average Bonchev–Trinajstić information content (AvgIpc) is 3.32. The van der Waals surface area contributed by atoms with E-state index in [1.807, 2.05) is 54.6 Å². The molecule has 0 amide bonds. The molecule has 0 saturated carbocycles. The molecular formula is C23H25Cl3N6O2S. The van der Waals surface area contributed by atoms with Crippen molar-refractivity contribution in [2.75, 3.05) is 19.4 Å². The molecule has 2 aromatic heterocycles. The number of methoxy groups -OCH3 is 1. The molecule has 4 aromatic rings. The van der Waals surface area contributed by atoms with Crippen molar-refractivity contribution in [3.05, 3.63) is 83.1 Å². The van der Waals surface area contributed by atoms with Crippen molar-refractivity contribution in [3.63, 3.8) is 0 Å². The lowest BCUT2D eigenvalue weighted by molar-refractivity contribution is 0.284. The molecular weight excluding hydrogens is 531 g/mol. The Bertz CT molecular complexity index is 1170. The van der Waals surface area contributed by atoms with Crippen LogP contribution >= 0.6 is 48.2 Å². The molecule has 0 aliphatic carbocycles. The van der Waals surface area contributed by atoms with Gasteiger partial charge in [-0.05, 0) is 46.3 Å². The molecule has 2 heterocycles. The predicted octanol–water partition coefficient (Wildman–Crippen LogP) is 5.02. The quantitative estimate of drug-likeness (QED) is 0.204. The van der Waals surface area contributed by atoms with Gasteiger partial charge in [-0.1, -0.05) is 47.6 Å². The summed E-state index contributed by atoms with van der Waals surface area (Å²) < 4.78 is 13.1. The Balaban J connectivity index is 0.00000216. The van der Waals surface area contributed by atoms with Gasteiger partial charge in [0, 0.05) is 36.8 Å². The second-order valence-corrected chi connectivity index (χ2v) is 8.46. The van der Waals surface area contributed by atoms with Crippen LogP contribution in [0.5, 0.6) is 11.5 Å². The van der Waals surface area contributed by atoms with Crippen LogP contribution in [-0.2, 0) is 13.2 Å². The van der Waals surface area contributed by atoms with E-state index in [9.17, 15) is 0 Å². The largest absolute Gasteiger partial charge is 0.493 e. The van der Waals surface area contributed by atoms with E-state index in [1.165, 1.54) is 0 Å². The molecule has 0 fully saturated rings. The molecule has 2 aromatic carbocycles. The van der Waals surface area contributed by atoms with Crippen molar-refractivity contribution in [1.82, 2.24) is 30.5 Å². The number of pyridine rings is 1. The third kappa shape index (κ3) is 7.98. The highest BCUT2D eigenvalue weighted by atomic mass is 35.5. The zero-order valence-electron chi connectivity index (χ0n) is 18.8. The van der Waals surface area contributed by atoms with Crippen LogP contribution in [0.1, 0.15) is 11.1 Å². The number of para-hydroxylation sites is 1. The first kappa shape index (κ1) is 28.7. The fraction of sp³-hybridized carbons (Fsp3) is 0.217. The summed E-state index contributed by atoms with van der Waals surface area (Å²) in [6, 6.07) is 17.5. The van der Waals surface area contributed by atoms with E-state index < -0.39 is 0 Å². The fourth-order valence-electron chi connectivity index (χ4n) is 3.10. The van der Waals surface area contributed by atoms with Gasteiger partial charge in [0.25, 0.3) is 0 Å². The molecule has 8 nitrogen and oxygen atoms in total. The number of ether oxygens (including phenoxy) is 2. The SMILES string of the molecule is COc1cc(CNCCSc2nnnn2-c2ccccc2)cc(Cl)c1OCc1cccnc1.Cl.Cl. The minimum Gasteiger partial charge on any atom is -0.493 e. The zero-order valence-corrected chi connectivity index (χ0v) is 22.0. The van der Waals surface area contributed by atoms with Gasteiger partial charge in [0.15, 0.2) is 11.5 Å². The molecule has 35 heavy (non-hydrogen) atoms. The smallest absolute Gasteiger partial charge is 0.214 e. The van der Waals surface area contributed by atoms with E-state index in [-0.39, 0.29) is 24.8 Å². The Labute approximate surface area is 225 Å². The third-order valence-electron chi connectivity index (χ3n) is 4.68. The number of benzene rings is 2. The van der Waals surface area contributed by atoms with Gasteiger partial charge < -0.3 is 14.8 Å². The van der Waals surface area contributed by atoms with Crippen LogP contribution in [0.4, 0.5) is 0 Å². The summed E-state index contributed by atoms with van der Waals surface area (Å²) in [6.45, 7) is 1.77. The van der Waals surface area contributed by atoms with E-state index in [1.54, 1.807) is 35.9 Å². The minimum absolute atomic E-state index is 0. The van der Waals surface area contributed by atoms with Crippen LogP contribution in [-0.4, -0.2) is 44.6 Å². The molecule has 12 heteroatoms. The molecule has 0 aliphatic rings. The lowest BCUT2D eigenvalue weighted by Gasteiger charge is -2.14. The summed E-state index contributed by atoms with van der Waals surface area (Å²) in [6.07, 6.45) is 3.48. The Hall–Kier alpha value is -2.56. The van der Waals surface area contributed by atoms with Crippen LogP contribution in [0.3, 0.4) is 0 Å². The molecule has 0 atom stereocenters. The Kier molecular flexibility index (Phi) is 12.1. The predicted molar refractivity (Wildman–Crippen MR) is 143 cm³/mol. The van der Waals surface area contributed by atoms with Gasteiger partial charge in [-0.2, -0.15) is 4.68 Å². The van der Waals surface area contributed by atoms with Gasteiger partial charge in [0.1, 0.15) is 6.61 Å². The molecule has 0 radical (unpaired) electrons. The topological polar surface area (TPSA) is 87.0 Å². The molecule has 186 valence electrons. The third-order valence-corrected chi connectivity index (χ3v) is 5.88. The van der Waals surface area contributed by atoms with Crippen molar-refractivity contribution in [3.8, 4) is 17.2 Å². The highest BCUT2D eigenvalue weighted by molar-refractivity contribution is 7.99. The first-order valence-corrected chi connectivity index (χ1v) is 11.7. The van der Waals surface area contributed by atoms with Crippen molar-refractivity contribution >= 4 is 48.2 Å². The number of thioether (sulfide) groups is 1. The second kappa shape index (κ2) is 14.8. The number of halogens is 3. The average molecular weight is 556 g/mol. The van der Waals surface area contributed by atoms with Crippen LogP contribution in [0.25, 0.3) is 5.69 Å². The number of rotatable bonds is 11. The van der Waals surface area contributed by atoms with Crippen LogP contribution in [0.15, 0.2) is 72.1 Å². The van der Waals surface area contributed by atoms with Crippen molar-refractivity contribution < 1.29 is 9.47 Å². The summed E-state index contributed by atoms with van der Waals surface area (Å²) in [7, 11) is 1.60. The molecule has 1 N–H and O–H groups in total. The van der Waals surface area contributed by atoms with Gasteiger partial charge in [-0.25, -0.2) is 0 Å². The molecule has 4 rings (SSSR count). The molecule has 0 aliphatic heterocycles. The molecule has 0 unspecified atom stereocenters. The lowest BCUT2D eigenvalue weighted by atomic mass is 10.2. The standard InChI is InChI=1S/C23H23ClN6O2S.2ClH/c1-31-21-13-18(12-20(24)22(21)32-16-17-6-5-9-25-14-17)15-26-10-11-33-23-27-28-29-30(23)19-7-3-2-4-8-19;;/h2-9,12-14,26H,10-11,15-16H2,1H3;2*1H. The van der Waals surface area contributed by atoms with E-state index in [4.69, 9.17) is 21.1 Å². The maximum absolute atomic E-state index is 6.49. The highest BCUT2D eigenvalue weighted by Gasteiger charge is 2.13. The van der Waals surface area contributed by atoms with E-state index in [2.05, 4.69) is 25.8 Å². The first-order chi connectivity index (χ1) is 16.2. The Morgan fingerprint density at radius 1 is 1.06 bits per heavy atom. The van der Waals surface area contributed by atoms with E-state index >= 15 is 0 Å². The van der Waals surface area contributed by atoms with Crippen LogP contribution in [0, 0.1) is 0 Å². The van der Waals surface area contributed by atoms with Crippen LogP contribution in [0.2, 0.25) is 5.02 Å². The summed E-state index contributed by atoms with van der Waals surface area (Å²) >= 11 is 8.08. The number of tetrazole rings is 1. The van der Waals surface area contributed by atoms with Gasteiger partial charge >= 0.3 is 0 Å². The van der Waals surface area contributed by atoms with Gasteiger partial charge in [0.05, 0.1) is 17.8 Å². The van der Waals surface area contributed by atoms with Crippen molar-refractivity contribution in [1.29, 1.82) is 0 Å². The maximum atomic E-state index is 6.49. The first-order valence-electron chi connectivity index (χ1n) is 10.3. The Morgan fingerprint density at radius 3 is 2.63 bits per heavy atom. The summed E-state index contributed by atoms with van der Waals surface area (Å²) in [4.78, 5) is 4.09. The van der Waals surface area contributed by atoms with Crippen molar-refractivity contribution in [2.45, 2.75) is 18.3 Å². The maximum Gasteiger partial charge on any atom is 0.214 e. The monoisotopic (exact) mass is 554 g/mol. The summed E-state index contributed by atoms with van der Waals surface area (Å²) in [5.41, 5.74) is 2.90. The number of nitrogens with zero attached hydrogens (tertiary/aromatic N) is 5. The molecule has 0 saturated heterocycles. The van der Waals surface area contributed by atoms with Gasteiger partial charge in [-0.3, -0.25) is 4.98 Å². The van der Waals surface area contributed by atoms with E-state index in [0.717, 1.165) is 34.3 Å². The number of hydrogen-bond acceptors (Lipinski definition) is 8.